The highest BCUT2D eigenvalue weighted by atomic mass is 16.2. The number of amides is 1. The zero-order valence-corrected chi connectivity index (χ0v) is 9.40. The second-order valence-electron chi connectivity index (χ2n) is 3.77. The molecule has 1 aromatic heterocycles. The van der Waals surface area contributed by atoms with Gasteiger partial charge in [0.15, 0.2) is 0 Å². The van der Waals surface area contributed by atoms with E-state index in [4.69, 9.17) is 0 Å². The fourth-order valence-electron chi connectivity index (χ4n) is 1.20. The zero-order valence-electron chi connectivity index (χ0n) is 9.40. The van der Waals surface area contributed by atoms with E-state index in [1.165, 1.54) is 0 Å². The molecule has 0 radical (unpaired) electrons. The summed E-state index contributed by atoms with van der Waals surface area (Å²) >= 11 is 0. The summed E-state index contributed by atoms with van der Waals surface area (Å²) in [7, 11) is 1.79. The summed E-state index contributed by atoms with van der Waals surface area (Å²) in [5.74, 6) is 0.0341. The van der Waals surface area contributed by atoms with Crippen LogP contribution >= 0.6 is 0 Å². The highest BCUT2D eigenvalue weighted by molar-refractivity contribution is 5.87. The second kappa shape index (κ2) is 5.29. The van der Waals surface area contributed by atoms with Gasteiger partial charge in [-0.1, -0.05) is 5.57 Å². The van der Waals surface area contributed by atoms with Gasteiger partial charge in [-0.3, -0.25) is 9.78 Å². The van der Waals surface area contributed by atoms with Gasteiger partial charge < -0.3 is 4.90 Å². The van der Waals surface area contributed by atoms with E-state index >= 15 is 0 Å². The van der Waals surface area contributed by atoms with Crippen LogP contribution in [0.2, 0.25) is 0 Å². The first-order valence-electron chi connectivity index (χ1n) is 4.88. The second-order valence-corrected chi connectivity index (χ2v) is 3.77. The maximum absolute atomic E-state index is 11.6. The number of hydrogen-bond acceptors (Lipinski definition) is 2. The van der Waals surface area contributed by atoms with Crippen molar-refractivity contribution >= 4 is 5.91 Å². The van der Waals surface area contributed by atoms with Gasteiger partial charge in [0.2, 0.25) is 5.91 Å². The van der Waals surface area contributed by atoms with Crippen LogP contribution in [0.25, 0.3) is 0 Å². The Kier molecular flexibility index (Phi) is 4.03. The quantitative estimate of drug-likeness (QED) is 0.706. The van der Waals surface area contributed by atoms with E-state index < -0.39 is 0 Å². The lowest BCUT2D eigenvalue weighted by atomic mass is 10.2. The van der Waals surface area contributed by atoms with Gasteiger partial charge in [-0.15, -0.1) is 0 Å². The zero-order chi connectivity index (χ0) is 11.3. The Bertz CT molecular complexity index is 353. The Hall–Kier alpha value is -1.64. The third kappa shape index (κ3) is 3.94. The molecular weight excluding hydrogens is 188 g/mol. The Balaban J connectivity index is 2.60. The molecule has 0 saturated heterocycles. The van der Waals surface area contributed by atoms with Crippen LogP contribution in [0.1, 0.15) is 19.4 Å². The van der Waals surface area contributed by atoms with Crippen molar-refractivity contribution in [3.05, 3.63) is 41.7 Å². The molecule has 1 heterocycles. The molecule has 1 amide bonds. The van der Waals surface area contributed by atoms with Gasteiger partial charge >= 0.3 is 0 Å². The maximum atomic E-state index is 11.6. The van der Waals surface area contributed by atoms with Crippen molar-refractivity contribution in [3.8, 4) is 0 Å². The highest BCUT2D eigenvalue weighted by Crippen LogP contribution is 2.02. The number of allylic oxidation sites excluding steroid dienone is 1. The topological polar surface area (TPSA) is 33.2 Å². The molecule has 80 valence electrons. The molecule has 3 heteroatoms. The lowest BCUT2D eigenvalue weighted by Crippen LogP contribution is -2.24. The van der Waals surface area contributed by atoms with Crippen LogP contribution in [0.4, 0.5) is 0 Å². The summed E-state index contributed by atoms with van der Waals surface area (Å²) in [4.78, 5) is 17.2. The van der Waals surface area contributed by atoms with E-state index in [1.54, 1.807) is 30.4 Å². The summed E-state index contributed by atoms with van der Waals surface area (Å²) in [5.41, 5.74) is 2.10. The molecule has 0 fully saturated rings. The monoisotopic (exact) mass is 204 g/mol. The Morgan fingerprint density at radius 2 is 2.00 bits per heavy atom. The minimum absolute atomic E-state index is 0.0341. The summed E-state index contributed by atoms with van der Waals surface area (Å²) in [6.07, 6.45) is 5.10. The summed E-state index contributed by atoms with van der Waals surface area (Å²) < 4.78 is 0. The van der Waals surface area contributed by atoms with Gasteiger partial charge in [0.1, 0.15) is 0 Å². The molecule has 1 rings (SSSR count). The average molecular weight is 204 g/mol. The van der Waals surface area contributed by atoms with Gasteiger partial charge in [-0.25, -0.2) is 0 Å². The molecule has 0 spiro atoms. The molecule has 15 heavy (non-hydrogen) atoms. The number of hydrogen-bond donors (Lipinski definition) is 0. The highest BCUT2D eigenvalue weighted by Gasteiger charge is 2.05. The fraction of sp³-hybridized carbons (Fsp3) is 0.333. The molecule has 0 saturated carbocycles. The fourth-order valence-corrected chi connectivity index (χ4v) is 1.20. The molecule has 0 N–H and O–H groups in total. The van der Waals surface area contributed by atoms with Crippen LogP contribution in [-0.4, -0.2) is 22.8 Å². The molecule has 0 atom stereocenters. The lowest BCUT2D eigenvalue weighted by Gasteiger charge is -2.15. The maximum Gasteiger partial charge on any atom is 0.246 e. The van der Waals surface area contributed by atoms with Crippen LogP contribution in [0, 0.1) is 0 Å². The molecule has 0 unspecified atom stereocenters. The average Bonchev–Trinajstić information content (AvgIpc) is 2.18. The molecule has 0 aliphatic heterocycles. The van der Waals surface area contributed by atoms with E-state index in [-0.39, 0.29) is 5.91 Å². The van der Waals surface area contributed by atoms with Crippen molar-refractivity contribution < 1.29 is 4.79 Å². The van der Waals surface area contributed by atoms with Gasteiger partial charge in [0.05, 0.1) is 0 Å². The first kappa shape index (κ1) is 11.4. The molecule has 0 aromatic carbocycles. The number of carbonyl (C=O) groups is 1. The molecule has 0 bridgehead atoms. The van der Waals surface area contributed by atoms with Crippen molar-refractivity contribution in [1.29, 1.82) is 0 Å². The Morgan fingerprint density at radius 1 is 1.40 bits per heavy atom. The van der Waals surface area contributed by atoms with Gasteiger partial charge in [0.25, 0.3) is 0 Å². The van der Waals surface area contributed by atoms with E-state index in [1.807, 2.05) is 26.0 Å². The van der Waals surface area contributed by atoms with Gasteiger partial charge in [-0.2, -0.15) is 0 Å². The number of likely N-dealkylation sites (N-methyl/N-ethyl adjacent to an activating group) is 1. The predicted molar refractivity (Wildman–Crippen MR) is 60.1 cm³/mol. The third-order valence-electron chi connectivity index (χ3n) is 1.96. The Morgan fingerprint density at radius 3 is 2.53 bits per heavy atom. The minimum atomic E-state index is 0.0341. The third-order valence-corrected chi connectivity index (χ3v) is 1.96. The molecule has 0 aliphatic carbocycles. The van der Waals surface area contributed by atoms with Crippen molar-refractivity contribution in [3.63, 3.8) is 0 Å². The van der Waals surface area contributed by atoms with Crippen LogP contribution in [-0.2, 0) is 11.3 Å². The van der Waals surface area contributed by atoms with E-state index in [2.05, 4.69) is 4.98 Å². The number of nitrogens with zero attached hydrogens (tertiary/aromatic N) is 2. The van der Waals surface area contributed by atoms with Gasteiger partial charge in [-0.05, 0) is 31.5 Å². The van der Waals surface area contributed by atoms with Crippen molar-refractivity contribution in [1.82, 2.24) is 9.88 Å². The lowest BCUT2D eigenvalue weighted by molar-refractivity contribution is -0.125. The largest absolute Gasteiger partial charge is 0.338 e. The van der Waals surface area contributed by atoms with Crippen LogP contribution in [0.3, 0.4) is 0 Å². The van der Waals surface area contributed by atoms with Crippen molar-refractivity contribution in [2.24, 2.45) is 0 Å². The predicted octanol–water partition coefficient (Wildman–Crippen LogP) is 2.01. The standard InChI is InChI=1S/C12H16N2O/c1-10(2)8-12(15)14(3)9-11-4-6-13-7-5-11/h4-8H,9H2,1-3H3. The molecule has 3 nitrogen and oxygen atoms in total. The smallest absolute Gasteiger partial charge is 0.246 e. The van der Waals surface area contributed by atoms with Crippen LogP contribution in [0.5, 0.6) is 0 Å². The van der Waals surface area contributed by atoms with E-state index in [0.717, 1.165) is 11.1 Å². The van der Waals surface area contributed by atoms with Crippen LogP contribution in [0.15, 0.2) is 36.2 Å². The summed E-state index contributed by atoms with van der Waals surface area (Å²) in [6, 6.07) is 3.82. The molecular formula is C12H16N2O. The number of rotatable bonds is 3. The van der Waals surface area contributed by atoms with Crippen LogP contribution < -0.4 is 0 Å². The van der Waals surface area contributed by atoms with Gasteiger partial charge in [0, 0.05) is 32.1 Å². The summed E-state index contributed by atoms with van der Waals surface area (Å²) in [5, 5.41) is 0. The number of aromatic nitrogens is 1. The van der Waals surface area contributed by atoms with E-state index in [9.17, 15) is 4.79 Å². The number of carbonyl (C=O) groups excluding carboxylic acids is 1. The number of pyridine rings is 1. The van der Waals surface area contributed by atoms with E-state index in [0.29, 0.717) is 6.54 Å². The minimum Gasteiger partial charge on any atom is -0.338 e. The summed E-state index contributed by atoms with van der Waals surface area (Å²) in [6.45, 7) is 4.45. The Labute approximate surface area is 90.4 Å². The van der Waals surface area contributed by atoms with Crippen molar-refractivity contribution in [2.75, 3.05) is 7.05 Å². The molecule has 0 aliphatic rings. The SMILES string of the molecule is CC(C)=CC(=O)N(C)Cc1ccncc1. The normalized spacial score (nSPS) is 9.53. The first-order valence-corrected chi connectivity index (χ1v) is 4.88. The van der Waals surface area contributed by atoms with Crippen molar-refractivity contribution in [2.45, 2.75) is 20.4 Å². The molecule has 1 aromatic rings. The first-order chi connectivity index (χ1) is 7.09.